The number of aliphatic hydroxyl groups excluding tert-OH is 1. The Bertz CT molecular complexity index is 1470. The topological polar surface area (TPSA) is 133 Å². The van der Waals surface area contributed by atoms with Crippen LogP contribution < -0.4 is 11.0 Å². The van der Waals surface area contributed by atoms with Crippen LogP contribution in [0.25, 0.3) is 11.4 Å². The molecule has 3 aromatic rings. The number of hydrogen-bond donors (Lipinski definition) is 3. The number of nitrogens with two attached hydrogens (primary N) is 1. The molecule has 2 heterocycles. The van der Waals surface area contributed by atoms with Crippen LogP contribution in [0.2, 0.25) is 5.02 Å². The van der Waals surface area contributed by atoms with Gasteiger partial charge in [0.05, 0.1) is 6.54 Å². The lowest BCUT2D eigenvalue weighted by molar-refractivity contribution is -0.433. The maximum absolute atomic E-state index is 13.0. The number of benzene rings is 2. The first kappa shape index (κ1) is 29.2. The number of aliphatic imine (C=N–C) groups is 1. The van der Waals surface area contributed by atoms with Crippen molar-refractivity contribution in [3.05, 3.63) is 69.6 Å². The number of quaternary nitrogens is 1. The van der Waals surface area contributed by atoms with Crippen molar-refractivity contribution in [3.63, 3.8) is 0 Å². The largest absolute Gasteiger partial charge is 0.416 e. The Morgan fingerprint density at radius 1 is 1.27 bits per heavy atom. The van der Waals surface area contributed by atoms with Crippen molar-refractivity contribution in [1.29, 1.82) is 5.41 Å². The van der Waals surface area contributed by atoms with Crippen LogP contribution in [0.4, 0.5) is 18.9 Å². The molecule has 10 nitrogen and oxygen atoms in total. The maximum Gasteiger partial charge on any atom is 0.416 e. The number of alkyl halides is 3. The molecule has 1 aliphatic heterocycles. The number of amides is 1. The van der Waals surface area contributed by atoms with Crippen molar-refractivity contribution in [2.75, 3.05) is 6.54 Å². The quantitative estimate of drug-likeness (QED) is 0.215. The summed E-state index contributed by atoms with van der Waals surface area (Å²) >= 11 is 5.90. The number of nitrogens with zero attached hydrogens (tertiary/aromatic N) is 5. The molecule has 1 aliphatic rings. The molecule has 4 rings (SSSR count). The fraction of sp³-hybridized carbons (Fsp3) is 0.346. The zero-order chi connectivity index (χ0) is 29.0. The lowest BCUT2D eigenvalue weighted by Gasteiger charge is -2.21. The summed E-state index contributed by atoms with van der Waals surface area (Å²) in [5.41, 5.74) is 0.454. The Hall–Kier alpha value is -3.81. The zero-order valence-electron chi connectivity index (χ0n) is 21.5. The Balaban J connectivity index is 1.52. The number of aliphatic hydroxyl groups is 1. The number of nitrogens with one attached hydrogen (secondary N) is 1. The standard InChI is InChI=1S/C26H27ClF3N7O3/c1-16-5-4-12-35(16)24(39)19-6-2-3-7-20(19)32-15-33-22(31)14-37-25(40)36(13-21(38)26(28,29)30)23(34-37)17-8-10-18(27)11-9-17/h2-3,6-11,15-16,21,38H,4-5,12-14H2,1H3,(H2,31,32,33)/p+1/t16?,21-/m0/s1. The summed E-state index contributed by atoms with van der Waals surface area (Å²) in [6.45, 7) is 1.17. The molecule has 0 aliphatic carbocycles. The van der Waals surface area contributed by atoms with Gasteiger partial charge in [0.15, 0.2) is 18.3 Å². The first-order valence-corrected chi connectivity index (χ1v) is 12.9. The van der Waals surface area contributed by atoms with Crippen LogP contribution in [-0.2, 0) is 13.1 Å². The summed E-state index contributed by atoms with van der Waals surface area (Å²) in [5.74, 6) is -0.524. The minimum absolute atomic E-state index is 0.0896. The van der Waals surface area contributed by atoms with Crippen LogP contribution in [0.5, 0.6) is 0 Å². The van der Waals surface area contributed by atoms with Gasteiger partial charge in [0, 0.05) is 29.2 Å². The highest BCUT2D eigenvalue weighted by atomic mass is 35.5. The lowest BCUT2D eigenvalue weighted by Crippen LogP contribution is -2.77. The van der Waals surface area contributed by atoms with Gasteiger partial charge in [0.2, 0.25) is 0 Å². The van der Waals surface area contributed by atoms with E-state index in [4.69, 9.17) is 17.0 Å². The van der Waals surface area contributed by atoms with E-state index in [1.165, 1.54) is 30.6 Å². The summed E-state index contributed by atoms with van der Waals surface area (Å²) < 4.78 is 40.6. The van der Waals surface area contributed by atoms with E-state index < -0.39 is 31.1 Å². The number of amidine groups is 1. The highest BCUT2D eigenvalue weighted by molar-refractivity contribution is 6.30. The molecule has 0 spiro atoms. The van der Waals surface area contributed by atoms with Gasteiger partial charge in [-0.15, -0.1) is 5.10 Å². The molecule has 1 unspecified atom stereocenters. The SMILES string of the molecule is CC1CCCN1C(=O)c1ccccc1[NH2+]C=NC(=N)Cn1nc(-c2ccc(Cl)cc2)n(C[C@H](O)C(F)(F)F)c1=O. The summed E-state index contributed by atoms with van der Waals surface area (Å²) in [4.78, 5) is 31.8. The van der Waals surface area contributed by atoms with Crippen LogP contribution in [0.15, 0.2) is 58.3 Å². The zero-order valence-corrected chi connectivity index (χ0v) is 22.2. The van der Waals surface area contributed by atoms with Crippen molar-refractivity contribution >= 4 is 35.4 Å². The average Bonchev–Trinajstić information content (AvgIpc) is 3.47. The maximum atomic E-state index is 13.0. The number of rotatable bonds is 8. The van der Waals surface area contributed by atoms with Crippen LogP contribution >= 0.6 is 11.6 Å². The van der Waals surface area contributed by atoms with E-state index in [-0.39, 0.29) is 23.6 Å². The first-order chi connectivity index (χ1) is 19.0. The van der Waals surface area contributed by atoms with E-state index in [9.17, 15) is 27.9 Å². The molecule has 0 saturated carbocycles. The number of carbonyl (C=O) groups excluding carboxylic acids is 1. The molecule has 4 N–H and O–H groups in total. The molecule has 1 amide bonds. The minimum Gasteiger partial charge on any atom is -0.382 e. The van der Waals surface area contributed by atoms with Gasteiger partial charge in [0.25, 0.3) is 5.91 Å². The van der Waals surface area contributed by atoms with Gasteiger partial charge in [-0.1, -0.05) is 23.7 Å². The Labute approximate surface area is 232 Å². The first-order valence-electron chi connectivity index (χ1n) is 12.5. The van der Waals surface area contributed by atoms with E-state index in [1.54, 1.807) is 29.6 Å². The normalized spacial score (nSPS) is 16.6. The van der Waals surface area contributed by atoms with E-state index in [2.05, 4.69) is 10.1 Å². The third-order valence-electron chi connectivity index (χ3n) is 6.55. The molecule has 0 radical (unpaired) electrons. The molecular formula is C26H28ClF3N7O3+. The number of aromatic nitrogens is 3. The molecule has 14 heteroatoms. The molecule has 1 saturated heterocycles. The fourth-order valence-corrected chi connectivity index (χ4v) is 4.54. The van der Waals surface area contributed by atoms with Crippen molar-refractivity contribution < 1.29 is 28.4 Å². The molecule has 2 atom stereocenters. The number of carbonyl (C=O) groups is 1. The highest BCUT2D eigenvalue weighted by Gasteiger charge is 2.39. The fourth-order valence-electron chi connectivity index (χ4n) is 4.41. The van der Waals surface area contributed by atoms with Crippen molar-refractivity contribution in [2.24, 2.45) is 4.99 Å². The van der Waals surface area contributed by atoms with Crippen LogP contribution in [0.3, 0.4) is 0 Å². The third kappa shape index (κ3) is 6.66. The van der Waals surface area contributed by atoms with Crippen LogP contribution in [0.1, 0.15) is 30.1 Å². The van der Waals surface area contributed by atoms with Crippen molar-refractivity contribution in [1.82, 2.24) is 19.2 Å². The van der Waals surface area contributed by atoms with Gasteiger partial charge < -0.3 is 10.0 Å². The number of hydrogen-bond acceptors (Lipinski definition) is 5. The molecule has 212 valence electrons. The molecule has 1 fully saturated rings. The number of likely N-dealkylation sites (tertiary alicyclic amines) is 1. The van der Waals surface area contributed by atoms with Gasteiger partial charge >= 0.3 is 11.9 Å². The second-order valence-corrected chi connectivity index (χ2v) is 9.84. The van der Waals surface area contributed by atoms with Crippen LogP contribution in [0, 0.1) is 5.41 Å². The van der Waals surface area contributed by atoms with E-state index in [0.717, 1.165) is 17.5 Å². The third-order valence-corrected chi connectivity index (χ3v) is 6.80. The van der Waals surface area contributed by atoms with E-state index in [1.807, 2.05) is 11.8 Å². The molecular weight excluding hydrogens is 551 g/mol. The summed E-state index contributed by atoms with van der Waals surface area (Å²) in [7, 11) is 0. The Kier molecular flexibility index (Phi) is 8.86. The smallest absolute Gasteiger partial charge is 0.382 e. The van der Waals surface area contributed by atoms with E-state index in [0.29, 0.717) is 32.9 Å². The summed E-state index contributed by atoms with van der Waals surface area (Å²) in [6.07, 6.45) is -4.54. The number of halogens is 4. The second kappa shape index (κ2) is 12.1. The van der Waals surface area contributed by atoms with Crippen molar-refractivity contribution in [2.45, 2.75) is 51.2 Å². The van der Waals surface area contributed by atoms with Gasteiger partial charge in [0.1, 0.15) is 23.6 Å². The Morgan fingerprint density at radius 2 is 1.98 bits per heavy atom. The molecule has 2 aromatic carbocycles. The predicted octanol–water partition coefficient (Wildman–Crippen LogP) is 2.81. The molecule has 0 bridgehead atoms. The van der Waals surface area contributed by atoms with Crippen LogP contribution in [-0.4, -0.2) is 67.3 Å². The summed E-state index contributed by atoms with van der Waals surface area (Å²) in [6, 6.07) is 13.1. The van der Waals surface area contributed by atoms with Gasteiger partial charge in [-0.3, -0.25) is 20.1 Å². The summed E-state index contributed by atoms with van der Waals surface area (Å²) in [5, 5.41) is 23.8. The minimum atomic E-state index is -4.95. The average molecular weight is 579 g/mol. The monoisotopic (exact) mass is 578 g/mol. The van der Waals surface area contributed by atoms with Gasteiger partial charge in [-0.2, -0.15) is 18.2 Å². The predicted molar refractivity (Wildman–Crippen MR) is 143 cm³/mol. The highest BCUT2D eigenvalue weighted by Crippen LogP contribution is 2.24. The number of para-hydroxylation sites is 1. The van der Waals surface area contributed by atoms with Gasteiger partial charge in [-0.25, -0.2) is 9.48 Å². The molecule has 1 aromatic heterocycles. The van der Waals surface area contributed by atoms with Crippen molar-refractivity contribution in [3.8, 4) is 11.4 Å². The van der Waals surface area contributed by atoms with E-state index >= 15 is 0 Å². The second-order valence-electron chi connectivity index (χ2n) is 9.41. The Morgan fingerprint density at radius 3 is 2.62 bits per heavy atom. The van der Waals surface area contributed by atoms with Gasteiger partial charge in [-0.05, 0) is 50.1 Å². The lowest BCUT2D eigenvalue weighted by atomic mass is 10.1. The molecule has 40 heavy (non-hydrogen) atoms.